The molecule has 0 aliphatic carbocycles. The highest BCUT2D eigenvalue weighted by atomic mass is 16.6. The Hall–Kier alpha value is -3.67. The molecule has 0 bridgehead atoms. The lowest BCUT2D eigenvalue weighted by molar-refractivity contribution is -0.384. The lowest BCUT2D eigenvalue weighted by Gasteiger charge is -2.23. The largest absolute Gasteiger partial charge is 0.489 e. The van der Waals surface area contributed by atoms with Crippen molar-refractivity contribution in [3.05, 3.63) is 106 Å². The molecule has 31 heavy (non-hydrogen) atoms. The summed E-state index contributed by atoms with van der Waals surface area (Å²) in [4.78, 5) is 25.2. The van der Waals surface area contributed by atoms with Crippen molar-refractivity contribution < 1.29 is 14.5 Å². The van der Waals surface area contributed by atoms with E-state index in [0.717, 1.165) is 29.7 Å². The van der Waals surface area contributed by atoms with E-state index in [4.69, 9.17) is 4.74 Å². The van der Waals surface area contributed by atoms with E-state index >= 15 is 0 Å². The zero-order valence-corrected chi connectivity index (χ0v) is 17.6. The van der Waals surface area contributed by atoms with Crippen molar-refractivity contribution >= 4 is 11.6 Å². The lowest BCUT2D eigenvalue weighted by Crippen LogP contribution is -2.31. The van der Waals surface area contributed by atoms with E-state index in [1.54, 1.807) is 4.90 Å². The van der Waals surface area contributed by atoms with Gasteiger partial charge in [0.25, 0.3) is 11.6 Å². The van der Waals surface area contributed by atoms with Crippen LogP contribution in [0, 0.1) is 10.1 Å². The van der Waals surface area contributed by atoms with Crippen LogP contribution in [-0.2, 0) is 13.2 Å². The van der Waals surface area contributed by atoms with Gasteiger partial charge >= 0.3 is 0 Å². The van der Waals surface area contributed by atoms with Crippen molar-refractivity contribution in [2.45, 2.75) is 32.9 Å². The van der Waals surface area contributed by atoms with Crippen molar-refractivity contribution in [3.8, 4) is 5.75 Å². The Balaban J connectivity index is 1.65. The van der Waals surface area contributed by atoms with Gasteiger partial charge in [-0.3, -0.25) is 14.9 Å². The number of amides is 1. The summed E-state index contributed by atoms with van der Waals surface area (Å²) in [5.41, 5.74) is 2.52. The normalized spacial score (nSPS) is 10.5. The van der Waals surface area contributed by atoms with Crippen LogP contribution >= 0.6 is 0 Å². The minimum absolute atomic E-state index is 0.0252. The first-order valence-electron chi connectivity index (χ1n) is 10.4. The van der Waals surface area contributed by atoms with Gasteiger partial charge in [-0.15, -0.1) is 0 Å². The SMILES string of the molecule is CCCCN(Cc1ccc(OCc2ccccc2)cc1)C(=O)c1ccc([N+](=O)[O-])cc1. The molecule has 0 heterocycles. The van der Waals surface area contributed by atoms with Crippen LogP contribution in [0.5, 0.6) is 5.75 Å². The monoisotopic (exact) mass is 418 g/mol. The summed E-state index contributed by atoms with van der Waals surface area (Å²) in [6, 6.07) is 23.5. The van der Waals surface area contributed by atoms with E-state index in [0.29, 0.717) is 25.3 Å². The van der Waals surface area contributed by atoms with E-state index < -0.39 is 4.92 Å². The van der Waals surface area contributed by atoms with Gasteiger partial charge in [0, 0.05) is 30.8 Å². The number of nitrogens with zero attached hydrogens (tertiary/aromatic N) is 2. The van der Waals surface area contributed by atoms with Gasteiger partial charge in [-0.05, 0) is 41.8 Å². The Morgan fingerprint density at radius 2 is 1.61 bits per heavy atom. The molecule has 0 N–H and O–H groups in total. The van der Waals surface area contributed by atoms with Crippen molar-refractivity contribution in [3.63, 3.8) is 0 Å². The fourth-order valence-electron chi connectivity index (χ4n) is 3.16. The summed E-state index contributed by atoms with van der Waals surface area (Å²) in [5, 5.41) is 10.9. The van der Waals surface area contributed by atoms with Crippen LogP contribution in [0.25, 0.3) is 0 Å². The van der Waals surface area contributed by atoms with Crippen LogP contribution in [0.4, 0.5) is 5.69 Å². The molecule has 0 unspecified atom stereocenters. The molecule has 0 atom stereocenters. The summed E-state index contributed by atoms with van der Waals surface area (Å²) < 4.78 is 5.83. The Kier molecular flexibility index (Phi) is 7.76. The van der Waals surface area contributed by atoms with Crippen LogP contribution in [0.1, 0.15) is 41.3 Å². The third kappa shape index (κ3) is 6.40. The van der Waals surface area contributed by atoms with Gasteiger partial charge < -0.3 is 9.64 Å². The number of hydrogen-bond acceptors (Lipinski definition) is 4. The van der Waals surface area contributed by atoms with E-state index in [-0.39, 0.29) is 11.6 Å². The molecular weight excluding hydrogens is 392 g/mol. The molecule has 160 valence electrons. The Morgan fingerprint density at radius 3 is 2.23 bits per heavy atom. The first kappa shape index (κ1) is 22.0. The average Bonchev–Trinajstić information content (AvgIpc) is 2.81. The zero-order chi connectivity index (χ0) is 22.1. The number of nitro benzene ring substituents is 1. The second kappa shape index (κ2) is 10.9. The van der Waals surface area contributed by atoms with Gasteiger partial charge in [-0.1, -0.05) is 55.8 Å². The van der Waals surface area contributed by atoms with Gasteiger partial charge in [0.15, 0.2) is 0 Å². The molecule has 0 fully saturated rings. The summed E-state index contributed by atoms with van der Waals surface area (Å²) in [6.07, 6.45) is 1.85. The maximum absolute atomic E-state index is 13.0. The van der Waals surface area contributed by atoms with Gasteiger partial charge in [-0.2, -0.15) is 0 Å². The molecule has 3 aromatic rings. The summed E-state index contributed by atoms with van der Waals surface area (Å²) >= 11 is 0. The molecule has 0 radical (unpaired) electrons. The van der Waals surface area contributed by atoms with Gasteiger partial charge in [0.1, 0.15) is 12.4 Å². The predicted molar refractivity (Wildman–Crippen MR) is 120 cm³/mol. The second-order valence-corrected chi connectivity index (χ2v) is 7.30. The van der Waals surface area contributed by atoms with E-state index in [1.807, 2.05) is 54.6 Å². The maximum atomic E-state index is 13.0. The van der Waals surface area contributed by atoms with Gasteiger partial charge in [-0.25, -0.2) is 0 Å². The third-order valence-electron chi connectivity index (χ3n) is 4.94. The number of non-ortho nitro benzene ring substituents is 1. The number of unbranched alkanes of at least 4 members (excludes halogenated alkanes) is 1. The molecule has 3 rings (SSSR count). The highest BCUT2D eigenvalue weighted by Crippen LogP contribution is 2.18. The van der Waals surface area contributed by atoms with Crippen molar-refractivity contribution in [1.29, 1.82) is 0 Å². The second-order valence-electron chi connectivity index (χ2n) is 7.30. The molecule has 0 saturated carbocycles. The zero-order valence-electron chi connectivity index (χ0n) is 17.6. The smallest absolute Gasteiger partial charge is 0.269 e. The molecule has 1 amide bonds. The minimum atomic E-state index is -0.468. The quantitative estimate of drug-likeness (QED) is 0.317. The molecule has 0 spiro atoms. The fourth-order valence-corrected chi connectivity index (χ4v) is 3.16. The predicted octanol–water partition coefficient (Wildman–Crippen LogP) is 5.62. The van der Waals surface area contributed by atoms with E-state index in [2.05, 4.69) is 6.92 Å². The Bertz CT molecular complexity index is 986. The summed E-state index contributed by atoms with van der Waals surface area (Å²) in [6.45, 7) is 3.67. The van der Waals surface area contributed by atoms with Gasteiger partial charge in [0.2, 0.25) is 0 Å². The highest BCUT2D eigenvalue weighted by molar-refractivity contribution is 5.94. The molecular formula is C25H26N2O4. The molecule has 3 aromatic carbocycles. The van der Waals surface area contributed by atoms with Crippen molar-refractivity contribution in [2.75, 3.05) is 6.54 Å². The summed E-state index contributed by atoms with van der Waals surface area (Å²) in [7, 11) is 0. The topological polar surface area (TPSA) is 72.7 Å². The van der Waals surface area contributed by atoms with Crippen LogP contribution in [0.15, 0.2) is 78.9 Å². The number of carbonyl (C=O) groups excluding carboxylic acids is 1. The van der Waals surface area contributed by atoms with Crippen LogP contribution in [0.3, 0.4) is 0 Å². The van der Waals surface area contributed by atoms with Crippen LogP contribution in [0.2, 0.25) is 0 Å². The average molecular weight is 418 g/mol. The number of nitro groups is 1. The third-order valence-corrected chi connectivity index (χ3v) is 4.94. The minimum Gasteiger partial charge on any atom is -0.489 e. The van der Waals surface area contributed by atoms with Crippen LogP contribution < -0.4 is 4.74 Å². The molecule has 0 saturated heterocycles. The number of hydrogen-bond donors (Lipinski definition) is 0. The lowest BCUT2D eigenvalue weighted by atomic mass is 10.1. The number of rotatable bonds is 10. The molecule has 0 aliphatic heterocycles. The van der Waals surface area contributed by atoms with Crippen molar-refractivity contribution in [2.24, 2.45) is 0 Å². The first-order chi connectivity index (χ1) is 15.1. The molecule has 6 nitrogen and oxygen atoms in total. The van der Waals surface area contributed by atoms with Crippen molar-refractivity contribution in [1.82, 2.24) is 4.90 Å². The Morgan fingerprint density at radius 1 is 0.935 bits per heavy atom. The molecule has 6 heteroatoms. The fraction of sp³-hybridized carbons (Fsp3) is 0.240. The standard InChI is InChI=1S/C25H26N2O4/c1-2-3-17-26(25(28)22-11-13-23(14-12-22)27(29)30)18-20-9-15-24(16-10-20)31-19-21-7-5-4-6-8-21/h4-16H,2-3,17-19H2,1H3. The highest BCUT2D eigenvalue weighted by Gasteiger charge is 2.17. The Labute approximate surface area is 182 Å². The molecule has 0 aromatic heterocycles. The molecule has 0 aliphatic rings. The maximum Gasteiger partial charge on any atom is 0.269 e. The van der Waals surface area contributed by atoms with E-state index in [9.17, 15) is 14.9 Å². The van der Waals surface area contributed by atoms with E-state index in [1.165, 1.54) is 24.3 Å². The van der Waals surface area contributed by atoms with Gasteiger partial charge in [0.05, 0.1) is 4.92 Å². The number of ether oxygens (including phenoxy) is 1. The first-order valence-corrected chi connectivity index (χ1v) is 10.4. The van der Waals surface area contributed by atoms with Crippen LogP contribution in [-0.4, -0.2) is 22.3 Å². The number of carbonyl (C=O) groups is 1. The summed E-state index contributed by atoms with van der Waals surface area (Å²) in [5.74, 6) is 0.641. The number of benzene rings is 3.